The monoisotopic (exact) mass is 256 g/mol. The van der Waals surface area contributed by atoms with Crippen LogP contribution < -0.4 is 5.32 Å². The number of nitrogens with zero attached hydrogens (tertiary/aromatic N) is 1. The lowest BCUT2D eigenvalue weighted by Crippen LogP contribution is -2.50. The summed E-state index contributed by atoms with van der Waals surface area (Å²) in [5.74, 6) is -0.819. The standard InChI is InChI=1S/C12H20N2O2S/c1-7-8(2)17-10(13-7)14-12(5,6)11(3,4)9(15)16/h1-6H3,(H,13,14)(H,15,16). The highest BCUT2D eigenvalue weighted by Gasteiger charge is 2.43. The molecular formula is C12H20N2O2S. The van der Waals surface area contributed by atoms with E-state index >= 15 is 0 Å². The zero-order chi connectivity index (χ0) is 13.4. The molecule has 1 aromatic heterocycles. The number of hydrogen-bond donors (Lipinski definition) is 2. The summed E-state index contributed by atoms with van der Waals surface area (Å²) in [6.45, 7) is 11.2. The van der Waals surface area contributed by atoms with Gasteiger partial charge in [0.05, 0.1) is 11.1 Å². The van der Waals surface area contributed by atoms with E-state index in [1.807, 2.05) is 27.7 Å². The molecule has 17 heavy (non-hydrogen) atoms. The van der Waals surface area contributed by atoms with Crippen LogP contribution in [0.25, 0.3) is 0 Å². The van der Waals surface area contributed by atoms with Crippen LogP contribution in [0.4, 0.5) is 5.13 Å². The number of nitrogens with one attached hydrogen (secondary N) is 1. The lowest BCUT2D eigenvalue weighted by Gasteiger charge is -2.38. The second kappa shape index (κ2) is 4.29. The predicted molar refractivity (Wildman–Crippen MR) is 70.7 cm³/mol. The van der Waals surface area contributed by atoms with E-state index in [9.17, 15) is 9.90 Å². The maximum Gasteiger partial charge on any atom is 0.311 e. The van der Waals surface area contributed by atoms with Gasteiger partial charge in [0.15, 0.2) is 5.13 Å². The van der Waals surface area contributed by atoms with Gasteiger partial charge in [0, 0.05) is 10.4 Å². The van der Waals surface area contributed by atoms with Gasteiger partial charge in [-0.15, -0.1) is 11.3 Å². The molecule has 0 atom stereocenters. The Morgan fingerprint density at radius 1 is 1.29 bits per heavy atom. The molecule has 1 heterocycles. The Morgan fingerprint density at radius 3 is 2.18 bits per heavy atom. The number of anilines is 1. The third-order valence-corrected chi connectivity index (χ3v) is 4.53. The zero-order valence-electron chi connectivity index (χ0n) is 11.2. The fourth-order valence-electron chi connectivity index (χ4n) is 1.22. The fourth-order valence-corrected chi connectivity index (χ4v) is 2.19. The lowest BCUT2D eigenvalue weighted by atomic mass is 9.74. The highest BCUT2D eigenvalue weighted by molar-refractivity contribution is 7.15. The fraction of sp³-hybridized carbons (Fsp3) is 0.667. The summed E-state index contributed by atoms with van der Waals surface area (Å²) < 4.78 is 0. The highest BCUT2D eigenvalue weighted by Crippen LogP contribution is 2.35. The summed E-state index contributed by atoms with van der Waals surface area (Å²) in [5, 5.41) is 13.3. The van der Waals surface area contributed by atoms with Gasteiger partial charge in [0.1, 0.15) is 0 Å². The van der Waals surface area contributed by atoms with Crippen molar-refractivity contribution in [3.05, 3.63) is 10.6 Å². The molecule has 2 N–H and O–H groups in total. The van der Waals surface area contributed by atoms with Crippen LogP contribution in [0.2, 0.25) is 0 Å². The van der Waals surface area contributed by atoms with Crippen LogP contribution in [-0.2, 0) is 4.79 Å². The number of hydrogen-bond acceptors (Lipinski definition) is 4. The number of aliphatic carboxylic acids is 1. The SMILES string of the molecule is Cc1nc(NC(C)(C)C(C)(C)C(=O)O)sc1C. The molecule has 0 amide bonds. The molecule has 0 aliphatic rings. The van der Waals surface area contributed by atoms with Crippen molar-refractivity contribution in [1.29, 1.82) is 0 Å². The summed E-state index contributed by atoms with van der Waals surface area (Å²) >= 11 is 1.55. The van der Waals surface area contributed by atoms with Crippen LogP contribution in [0.5, 0.6) is 0 Å². The van der Waals surface area contributed by atoms with E-state index in [-0.39, 0.29) is 0 Å². The van der Waals surface area contributed by atoms with Gasteiger partial charge in [-0.25, -0.2) is 4.98 Å². The third-order valence-electron chi connectivity index (χ3n) is 3.55. The van der Waals surface area contributed by atoms with E-state index in [1.165, 1.54) is 0 Å². The summed E-state index contributed by atoms with van der Waals surface area (Å²) in [6.07, 6.45) is 0. The van der Waals surface area contributed by atoms with Crippen LogP contribution in [0.1, 0.15) is 38.3 Å². The molecule has 0 spiro atoms. The molecule has 1 aromatic rings. The molecule has 0 saturated heterocycles. The first kappa shape index (κ1) is 14.0. The Morgan fingerprint density at radius 2 is 1.82 bits per heavy atom. The Balaban J connectivity index is 2.97. The Hall–Kier alpha value is -1.10. The molecule has 0 aliphatic carbocycles. The quantitative estimate of drug-likeness (QED) is 0.869. The van der Waals surface area contributed by atoms with E-state index in [2.05, 4.69) is 10.3 Å². The van der Waals surface area contributed by atoms with Gasteiger partial charge in [0.2, 0.25) is 0 Å². The molecule has 96 valence electrons. The number of carboxylic acids is 1. The molecule has 1 rings (SSSR count). The van der Waals surface area contributed by atoms with E-state index in [0.717, 1.165) is 15.7 Å². The minimum absolute atomic E-state index is 0.574. The van der Waals surface area contributed by atoms with Crippen molar-refractivity contribution in [1.82, 2.24) is 4.98 Å². The molecular weight excluding hydrogens is 236 g/mol. The summed E-state index contributed by atoms with van der Waals surface area (Å²) in [7, 11) is 0. The summed E-state index contributed by atoms with van der Waals surface area (Å²) in [5.41, 5.74) is -0.461. The van der Waals surface area contributed by atoms with Crippen LogP contribution in [0, 0.1) is 19.3 Å². The van der Waals surface area contributed by atoms with Gasteiger partial charge < -0.3 is 10.4 Å². The average molecular weight is 256 g/mol. The molecule has 4 nitrogen and oxygen atoms in total. The minimum Gasteiger partial charge on any atom is -0.481 e. The van der Waals surface area contributed by atoms with E-state index in [1.54, 1.807) is 25.2 Å². The number of thiazole rings is 1. The normalized spacial score (nSPS) is 12.6. The summed E-state index contributed by atoms with van der Waals surface area (Å²) in [6, 6.07) is 0. The molecule has 5 heteroatoms. The first-order valence-corrected chi connectivity index (χ1v) is 6.35. The lowest BCUT2D eigenvalue weighted by molar-refractivity contribution is -0.149. The van der Waals surface area contributed by atoms with Crippen molar-refractivity contribution >= 4 is 22.4 Å². The Labute approximate surface area is 106 Å². The molecule has 0 unspecified atom stereocenters. The van der Waals surface area contributed by atoms with E-state index < -0.39 is 16.9 Å². The van der Waals surface area contributed by atoms with Crippen LogP contribution in [0.15, 0.2) is 0 Å². The maximum absolute atomic E-state index is 11.3. The van der Waals surface area contributed by atoms with Crippen molar-refractivity contribution < 1.29 is 9.90 Å². The smallest absolute Gasteiger partial charge is 0.311 e. The number of carboxylic acid groups (broad SMARTS) is 1. The van der Waals surface area contributed by atoms with Crippen molar-refractivity contribution in [2.45, 2.75) is 47.1 Å². The second-order valence-corrected chi connectivity index (χ2v) is 6.54. The zero-order valence-corrected chi connectivity index (χ0v) is 12.0. The first-order chi connectivity index (χ1) is 7.58. The number of carbonyl (C=O) groups is 1. The van der Waals surface area contributed by atoms with Gasteiger partial charge in [-0.1, -0.05) is 0 Å². The van der Waals surface area contributed by atoms with Gasteiger partial charge in [0.25, 0.3) is 0 Å². The van der Waals surface area contributed by atoms with Gasteiger partial charge in [-0.05, 0) is 41.5 Å². The molecule has 0 radical (unpaired) electrons. The first-order valence-electron chi connectivity index (χ1n) is 5.53. The van der Waals surface area contributed by atoms with Gasteiger partial charge >= 0.3 is 5.97 Å². The maximum atomic E-state index is 11.3. The van der Waals surface area contributed by atoms with E-state index in [0.29, 0.717) is 0 Å². The van der Waals surface area contributed by atoms with Crippen molar-refractivity contribution in [2.24, 2.45) is 5.41 Å². The van der Waals surface area contributed by atoms with Crippen LogP contribution >= 0.6 is 11.3 Å². The molecule has 0 fully saturated rings. The summed E-state index contributed by atoms with van der Waals surface area (Å²) in [4.78, 5) is 16.8. The Bertz CT molecular complexity index is 416. The Kier molecular flexibility index (Phi) is 3.52. The number of aryl methyl sites for hydroxylation is 2. The second-order valence-electron chi connectivity index (χ2n) is 5.34. The molecule has 0 aromatic carbocycles. The van der Waals surface area contributed by atoms with Crippen molar-refractivity contribution in [2.75, 3.05) is 5.32 Å². The van der Waals surface area contributed by atoms with E-state index in [4.69, 9.17) is 0 Å². The molecule has 0 bridgehead atoms. The third kappa shape index (κ3) is 2.60. The number of rotatable bonds is 4. The van der Waals surface area contributed by atoms with Gasteiger partial charge in [-0.3, -0.25) is 4.79 Å². The van der Waals surface area contributed by atoms with Crippen molar-refractivity contribution in [3.63, 3.8) is 0 Å². The average Bonchev–Trinajstić information content (AvgIpc) is 2.44. The minimum atomic E-state index is -0.875. The topological polar surface area (TPSA) is 62.2 Å². The number of aromatic nitrogens is 1. The molecule has 0 aliphatic heterocycles. The van der Waals surface area contributed by atoms with Crippen LogP contribution in [-0.4, -0.2) is 21.6 Å². The van der Waals surface area contributed by atoms with Crippen LogP contribution in [0.3, 0.4) is 0 Å². The highest BCUT2D eigenvalue weighted by atomic mass is 32.1. The predicted octanol–water partition coefficient (Wildman–Crippen LogP) is 3.06. The largest absolute Gasteiger partial charge is 0.481 e. The van der Waals surface area contributed by atoms with Gasteiger partial charge in [-0.2, -0.15) is 0 Å². The van der Waals surface area contributed by atoms with Crippen molar-refractivity contribution in [3.8, 4) is 0 Å². The molecule has 0 saturated carbocycles.